The monoisotopic (exact) mass is 527 g/mol. The number of hydrogen-bond acceptors (Lipinski definition) is 9. The fraction of sp³-hybridized carbons (Fsp3) is 0.240. The molecule has 0 bridgehead atoms. The van der Waals surface area contributed by atoms with Crippen LogP contribution in [0.2, 0.25) is 5.02 Å². The van der Waals surface area contributed by atoms with E-state index in [2.05, 4.69) is 15.7 Å². The van der Waals surface area contributed by atoms with Gasteiger partial charge in [0.2, 0.25) is 18.3 Å². The van der Waals surface area contributed by atoms with Crippen molar-refractivity contribution in [3.8, 4) is 23.0 Å². The van der Waals surface area contributed by atoms with Crippen molar-refractivity contribution < 1.29 is 28.6 Å². The van der Waals surface area contributed by atoms with Crippen molar-refractivity contribution in [1.29, 1.82) is 0 Å². The molecule has 3 aromatic rings. The molecule has 2 aliphatic rings. The molecule has 36 heavy (non-hydrogen) atoms. The number of methoxy groups -OCH3 is 2. The van der Waals surface area contributed by atoms with Crippen LogP contribution < -0.4 is 24.4 Å². The van der Waals surface area contributed by atoms with Crippen molar-refractivity contribution in [3.63, 3.8) is 0 Å². The number of oxime groups is 1. The van der Waals surface area contributed by atoms with E-state index < -0.39 is 0 Å². The molecule has 0 saturated heterocycles. The summed E-state index contributed by atoms with van der Waals surface area (Å²) in [6.45, 7) is 0.0183. The molecular formula is C25H22ClN3O6S. The van der Waals surface area contributed by atoms with Crippen LogP contribution in [0.4, 0.5) is 0 Å². The molecule has 0 saturated carbocycles. The summed E-state index contributed by atoms with van der Waals surface area (Å²) in [6, 6.07) is 11.0. The van der Waals surface area contributed by atoms with Gasteiger partial charge in [0.05, 0.1) is 31.0 Å². The molecular weight excluding hydrogens is 506 g/mol. The number of amides is 1. The molecule has 11 heteroatoms. The van der Waals surface area contributed by atoms with Crippen molar-refractivity contribution in [1.82, 2.24) is 5.43 Å². The third-order valence-corrected chi connectivity index (χ3v) is 6.84. The number of carbonyl (C=O) groups excluding carboxylic acids is 1. The van der Waals surface area contributed by atoms with Crippen LogP contribution in [0.5, 0.6) is 23.0 Å². The summed E-state index contributed by atoms with van der Waals surface area (Å²) >= 11 is 7.34. The zero-order valence-corrected chi connectivity index (χ0v) is 21.0. The molecule has 2 aliphatic heterocycles. The molecule has 1 aromatic heterocycles. The average molecular weight is 528 g/mol. The molecule has 3 heterocycles. The van der Waals surface area contributed by atoms with Crippen molar-refractivity contribution in [2.24, 2.45) is 10.3 Å². The highest BCUT2D eigenvalue weighted by molar-refractivity contribution is 7.12. The number of halogens is 1. The van der Waals surface area contributed by atoms with Gasteiger partial charge in [0.15, 0.2) is 11.5 Å². The van der Waals surface area contributed by atoms with E-state index in [0.29, 0.717) is 51.3 Å². The van der Waals surface area contributed by atoms with Crippen LogP contribution in [0.1, 0.15) is 32.8 Å². The summed E-state index contributed by atoms with van der Waals surface area (Å²) < 4.78 is 22.8. The Hall–Kier alpha value is -3.76. The maximum Gasteiger partial charge on any atom is 0.281 e. The molecule has 0 radical (unpaired) electrons. The molecule has 1 atom stereocenters. The normalized spacial score (nSPS) is 16.1. The van der Waals surface area contributed by atoms with E-state index in [1.807, 2.05) is 29.6 Å². The van der Waals surface area contributed by atoms with Gasteiger partial charge in [-0.15, -0.1) is 11.3 Å². The van der Waals surface area contributed by atoms with E-state index in [-0.39, 0.29) is 18.8 Å². The zero-order valence-electron chi connectivity index (χ0n) is 19.4. The number of benzene rings is 2. The van der Waals surface area contributed by atoms with Crippen LogP contribution in [0.15, 0.2) is 52.0 Å². The zero-order chi connectivity index (χ0) is 25.1. The van der Waals surface area contributed by atoms with E-state index >= 15 is 0 Å². The summed E-state index contributed by atoms with van der Waals surface area (Å²) in [5.41, 5.74) is 5.63. The summed E-state index contributed by atoms with van der Waals surface area (Å²) in [7, 11) is 3.08. The number of hydrogen-bond donors (Lipinski definition) is 1. The van der Waals surface area contributed by atoms with Crippen LogP contribution in [-0.4, -0.2) is 44.9 Å². The largest absolute Gasteiger partial charge is 0.492 e. The molecule has 0 spiro atoms. The van der Waals surface area contributed by atoms with Crippen LogP contribution >= 0.6 is 22.9 Å². The Morgan fingerprint density at radius 2 is 1.97 bits per heavy atom. The molecule has 0 fully saturated rings. The van der Waals surface area contributed by atoms with Crippen molar-refractivity contribution in [2.75, 3.05) is 21.0 Å². The molecule has 0 unspecified atom stereocenters. The van der Waals surface area contributed by atoms with Gasteiger partial charge in [0.1, 0.15) is 6.10 Å². The average Bonchev–Trinajstić information content (AvgIpc) is 3.67. The molecule has 2 aromatic carbocycles. The Labute approximate surface area is 216 Å². The molecule has 186 valence electrons. The second-order valence-corrected chi connectivity index (χ2v) is 9.26. The second-order valence-electron chi connectivity index (χ2n) is 7.88. The van der Waals surface area contributed by atoms with Gasteiger partial charge in [-0.2, -0.15) is 5.10 Å². The standard InChI is InChI=1S/C25H22ClN3O6S/c1-31-21-17(10-16-11-19(29-35-16)14-5-7-15(26)8-6-14)18(22-24(23(21)32-2)34-13-33-22)12-27-28-25(30)20-4-3-9-36-20/h3-9,12,16H,10-11,13H2,1-2H3,(H,28,30)/b27-12+/t16-/m0/s1. The van der Waals surface area contributed by atoms with E-state index in [4.69, 9.17) is 35.4 Å². The number of nitrogens with zero attached hydrogens (tertiary/aromatic N) is 2. The van der Waals surface area contributed by atoms with Gasteiger partial charge in [-0.25, -0.2) is 5.43 Å². The summed E-state index contributed by atoms with van der Waals surface area (Å²) in [5.74, 6) is 1.44. The van der Waals surface area contributed by atoms with E-state index in [0.717, 1.165) is 16.8 Å². The summed E-state index contributed by atoms with van der Waals surface area (Å²) in [5, 5.41) is 10.9. The Balaban J connectivity index is 1.45. The SMILES string of the molecule is COc1c(C[C@H]2CC(c3ccc(Cl)cc3)=NO2)c(/C=N/NC(=O)c2cccs2)c2c(c1OC)OCO2. The lowest BCUT2D eigenvalue weighted by molar-refractivity contribution is 0.0853. The minimum atomic E-state index is -0.308. The Kier molecular flexibility index (Phi) is 6.97. The van der Waals surface area contributed by atoms with Gasteiger partial charge >= 0.3 is 0 Å². The number of thiophene rings is 1. The number of hydrazone groups is 1. The number of fused-ring (bicyclic) bond motifs is 1. The van der Waals surface area contributed by atoms with Crippen LogP contribution in [0.3, 0.4) is 0 Å². The lowest BCUT2D eigenvalue weighted by Gasteiger charge is -2.19. The Morgan fingerprint density at radius 1 is 1.19 bits per heavy atom. The Morgan fingerprint density at radius 3 is 2.69 bits per heavy atom. The molecule has 9 nitrogen and oxygen atoms in total. The molecule has 1 amide bonds. The van der Waals surface area contributed by atoms with Crippen molar-refractivity contribution in [2.45, 2.75) is 18.9 Å². The summed E-state index contributed by atoms with van der Waals surface area (Å²) in [6.07, 6.45) is 2.23. The lowest BCUT2D eigenvalue weighted by atomic mass is 9.95. The molecule has 5 rings (SSSR count). The fourth-order valence-electron chi connectivity index (χ4n) is 4.08. The van der Waals surface area contributed by atoms with Gasteiger partial charge in [-0.3, -0.25) is 4.79 Å². The quantitative estimate of drug-likeness (QED) is 0.338. The fourth-order valence-corrected chi connectivity index (χ4v) is 4.82. The predicted molar refractivity (Wildman–Crippen MR) is 136 cm³/mol. The maximum absolute atomic E-state index is 12.4. The number of rotatable bonds is 8. The van der Waals surface area contributed by atoms with Gasteiger partial charge in [0.25, 0.3) is 5.91 Å². The van der Waals surface area contributed by atoms with E-state index in [9.17, 15) is 4.79 Å². The van der Waals surface area contributed by atoms with Crippen LogP contribution in [0.25, 0.3) is 0 Å². The third kappa shape index (κ3) is 4.69. The summed E-state index contributed by atoms with van der Waals surface area (Å²) in [4.78, 5) is 18.7. The first-order valence-corrected chi connectivity index (χ1v) is 12.3. The number of ether oxygens (including phenoxy) is 4. The third-order valence-electron chi connectivity index (χ3n) is 5.72. The van der Waals surface area contributed by atoms with Crippen LogP contribution in [-0.2, 0) is 11.3 Å². The van der Waals surface area contributed by atoms with Gasteiger partial charge in [-0.05, 0) is 29.1 Å². The molecule has 0 aliphatic carbocycles. The second kappa shape index (κ2) is 10.5. The van der Waals surface area contributed by atoms with E-state index in [1.54, 1.807) is 19.2 Å². The first-order valence-electron chi connectivity index (χ1n) is 11.0. The molecule has 1 N–H and O–H groups in total. The highest BCUT2D eigenvalue weighted by Crippen LogP contribution is 2.52. The van der Waals surface area contributed by atoms with Gasteiger partial charge in [0, 0.05) is 29.0 Å². The maximum atomic E-state index is 12.4. The topological polar surface area (TPSA) is 100.0 Å². The van der Waals surface area contributed by atoms with Crippen LogP contribution in [0, 0.1) is 0 Å². The highest BCUT2D eigenvalue weighted by atomic mass is 35.5. The van der Waals surface area contributed by atoms with Gasteiger partial charge in [-0.1, -0.05) is 35.0 Å². The predicted octanol–water partition coefficient (Wildman–Crippen LogP) is 4.65. The highest BCUT2D eigenvalue weighted by Gasteiger charge is 2.33. The van der Waals surface area contributed by atoms with Gasteiger partial charge < -0.3 is 23.8 Å². The minimum Gasteiger partial charge on any atom is -0.492 e. The number of carbonyl (C=O) groups is 1. The minimum absolute atomic E-state index is 0.0183. The lowest BCUT2D eigenvalue weighted by Crippen LogP contribution is -2.17. The Bertz CT molecular complexity index is 1320. The first kappa shape index (κ1) is 24.0. The first-order chi connectivity index (χ1) is 17.6. The van der Waals surface area contributed by atoms with Crippen molar-refractivity contribution >= 4 is 40.8 Å². The smallest absolute Gasteiger partial charge is 0.281 e. The number of nitrogens with one attached hydrogen (secondary N) is 1. The van der Waals surface area contributed by atoms with E-state index in [1.165, 1.54) is 24.7 Å². The van der Waals surface area contributed by atoms with Crippen molar-refractivity contribution in [3.05, 3.63) is 68.4 Å².